The summed E-state index contributed by atoms with van der Waals surface area (Å²) in [5, 5.41) is 3.64. The van der Waals surface area contributed by atoms with Crippen molar-refractivity contribution in [3.63, 3.8) is 0 Å². The van der Waals surface area contributed by atoms with Crippen LogP contribution >= 0.6 is 0 Å². The minimum absolute atomic E-state index is 0.0782. The van der Waals surface area contributed by atoms with Gasteiger partial charge in [-0.2, -0.15) is 0 Å². The van der Waals surface area contributed by atoms with Crippen molar-refractivity contribution in [2.24, 2.45) is 0 Å². The van der Waals surface area contributed by atoms with Crippen LogP contribution in [0.15, 0.2) is 22.8 Å². The Bertz CT molecular complexity index is 1160. The van der Waals surface area contributed by atoms with Crippen molar-refractivity contribution in [1.82, 2.24) is 0 Å². The van der Waals surface area contributed by atoms with Gasteiger partial charge >= 0.3 is 5.97 Å². The van der Waals surface area contributed by atoms with Gasteiger partial charge in [-0.1, -0.05) is 32.9 Å². The van der Waals surface area contributed by atoms with Gasteiger partial charge in [0.2, 0.25) is 0 Å². The molecular formula is C26H34O4Si. The highest BCUT2D eigenvalue weighted by molar-refractivity contribution is 6.75. The fraction of sp³-hybridized carbons (Fsp3) is 0.500. The van der Waals surface area contributed by atoms with Gasteiger partial charge in [0.1, 0.15) is 0 Å². The molecule has 1 heterocycles. The lowest BCUT2D eigenvalue weighted by Gasteiger charge is -2.37. The van der Waals surface area contributed by atoms with E-state index in [0.717, 1.165) is 35.1 Å². The minimum Gasteiger partial charge on any atom is -0.541 e. The molecule has 0 bridgehead atoms. The van der Waals surface area contributed by atoms with Crippen molar-refractivity contribution < 1.29 is 18.4 Å². The van der Waals surface area contributed by atoms with Gasteiger partial charge in [-0.25, -0.2) is 0 Å². The summed E-state index contributed by atoms with van der Waals surface area (Å²) in [7, 11) is -0.666. The second-order valence-corrected chi connectivity index (χ2v) is 15.1. The second-order valence-electron chi connectivity index (χ2n) is 10.3. The zero-order valence-electron chi connectivity index (χ0n) is 19.9. The molecule has 0 radical (unpaired) electrons. The second kappa shape index (κ2) is 7.70. The molecule has 2 aromatic carbocycles. The number of furan rings is 1. The monoisotopic (exact) mass is 438 g/mol. The van der Waals surface area contributed by atoms with Crippen LogP contribution in [0.2, 0.25) is 18.1 Å². The topological polar surface area (TPSA) is 48.7 Å². The third kappa shape index (κ3) is 3.67. The quantitative estimate of drug-likeness (QED) is 0.322. The van der Waals surface area contributed by atoms with Crippen LogP contribution in [0.4, 0.5) is 0 Å². The number of benzene rings is 2. The fourth-order valence-corrected chi connectivity index (χ4v) is 5.50. The fourth-order valence-electron chi connectivity index (χ4n) is 4.49. The van der Waals surface area contributed by atoms with Crippen molar-refractivity contribution in [2.75, 3.05) is 7.11 Å². The smallest absolute Gasteiger partial charge is 0.305 e. The molecular weight excluding hydrogens is 404 g/mol. The molecule has 0 N–H and O–H groups in total. The zero-order valence-corrected chi connectivity index (χ0v) is 20.9. The van der Waals surface area contributed by atoms with Crippen molar-refractivity contribution >= 4 is 36.0 Å². The Morgan fingerprint density at radius 2 is 1.90 bits per heavy atom. The number of esters is 1. The number of carbonyl (C=O) groups excluding carboxylic acids is 1. The van der Waals surface area contributed by atoms with Crippen LogP contribution < -0.4 is 4.43 Å². The third-order valence-corrected chi connectivity index (χ3v) is 11.7. The Morgan fingerprint density at radius 1 is 1.16 bits per heavy atom. The molecule has 0 atom stereocenters. The summed E-state index contributed by atoms with van der Waals surface area (Å²) in [6.07, 6.45) is 6.14. The van der Waals surface area contributed by atoms with Crippen molar-refractivity contribution in [3.8, 4) is 5.75 Å². The molecule has 1 aliphatic carbocycles. The number of aryl methyl sites for hydroxylation is 4. The van der Waals surface area contributed by atoms with E-state index >= 15 is 0 Å². The summed E-state index contributed by atoms with van der Waals surface area (Å²) in [5.41, 5.74) is 5.93. The van der Waals surface area contributed by atoms with Crippen LogP contribution in [0.5, 0.6) is 5.75 Å². The van der Waals surface area contributed by atoms with Gasteiger partial charge in [-0.15, -0.1) is 0 Å². The van der Waals surface area contributed by atoms with E-state index in [0.29, 0.717) is 12.8 Å². The SMILES string of the molecule is COC(=O)CCc1coc2c(O[Si](C)(C)C(C)(C)C)c3c4c(ccc3c(C)c12)CCC4. The summed E-state index contributed by atoms with van der Waals surface area (Å²) in [6, 6.07) is 4.54. The lowest BCUT2D eigenvalue weighted by Crippen LogP contribution is -2.44. The van der Waals surface area contributed by atoms with Gasteiger partial charge in [-0.3, -0.25) is 4.79 Å². The first-order valence-corrected chi connectivity index (χ1v) is 14.2. The zero-order chi connectivity index (χ0) is 22.6. The molecule has 0 saturated carbocycles. The van der Waals surface area contributed by atoms with E-state index in [1.807, 2.05) is 0 Å². The molecule has 0 saturated heterocycles. The molecule has 0 aliphatic heterocycles. The average Bonchev–Trinajstić information content (AvgIpc) is 3.34. The van der Waals surface area contributed by atoms with E-state index in [1.165, 1.54) is 41.0 Å². The Morgan fingerprint density at radius 3 is 2.58 bits per heavy atom. The number of fused-ring (bicyclic) bond motifs is 4. The van der Waals surface area contributed by atoms with E-state index in [1.54, 1.807) is 6.26 Å². The predicted octanol–water partition coefficient (Wildman–Crippen LogP) is 6.87. The first-order chi connectivity index (χ1) is 14.5. The molecule has 0 amide bonds. The van der Waals surface area contributed by atoms with E-state index in [-0.39, 0.29) is 11.0 Å². The van der Waals surface area contributed by atoms with Crippen LogP contribution in [0.1, 0.15) is 55.9 Å². The Balaban J connectivity index is 1.99. The standard InChI is InChI=1S/C26H34O4Si/c1-16-19-13-11-17-9-8-10-20(17)23(19)25(30-31(6,7)26(2,3)4)24-22(16)18(15-29-24)12-14-21(27)28-5/h11,13,15H,8-10,12,14H2,1-7H3. The summed E-state index contributed by atoms with van der Waals surface area (Å²) in [6.45, 7) is 13.5. The number of ether oxygens (including phenoxy) is 1. The number of rotatable bonds is 5. The first kappa shape index (κ1) is 21.9. The molecule has 0 unspecified atom stereocenters. The lowest BCUT2D eigenvalue weighted by molar-refractivity contribution is -0.140. The lowest BCUT2D eigenvalue weighted by atomic mass is 9.93. The first-order valence-electron chi connectivity index (χ1n) is 11.3. The van der Waals surface area contributed by atoms with Gasteiger partial charge < -0.3 is 13.6 Å². The minimum atomic E-state index is -2.10. The highest BCUT2D eigenvalue weighted by atomic mass is 28.4. The largest absolute Gasteiger partial charge is 0.541 e. The van der Waals surface area contributed by atoms with Crippen molar-refractivity contribution in [1.29, 1.82) is 0 Å². The highest BCUT2D eigenvalue weighted by Gasteiger charge is 2.40. The molecule has 0 spiro atoms. The number of hydrogen-bond acceptors (Lipinski definition) is 4. The van der Waals surface area contributed by atoms with E-state index in [2.05, 4.69) is 52.9 Å². The number of hydrogen-bond donors (Lipinski definition) is 0. The average molecular weight is 439 g/mol. The molecule has 31 heavy (non-hydrogen) atoms. The predicted molar refractivity (Wildman–Crippen MR) is 129 cm³/mol. The maximum Gasteiger partial charge on any atom is 0.305 e. The van der Waals surface area contributed by atoms with Gasteiger partial charge in [0.15, 0.2) is 11.3 Å². The molecule has 166 valence electrons. The van der Waals surface area contributed by atoms with E-state index < -0.39 is 8.32 Å². The summed E-state index contributed by atoms with van der Waals surface area (Å²) < 4.78 is 18.0. The molecule has 3 aromatic rings. The van der Waals surface area contributed by atoms with E-state index in [4.69, 9.17) is 13.6 Å². The molecule has 4 rings (SSSR count). The maximum absolute atomic E-state index is 11.8. The maximum atomic E-state index is 11.8. The Hall–Kier alpha value is -2.27. The van der Waals surface area contributed by atoms with Gasteiger partial charge in [0.05, 0.1) is 13.4 Å². The van der Waals surface area contributed by atoms with E-state index in [9.17, 15) is 4.79 Å². The van der Waals surface area contributed by atoms with Crippen LogP contribution in [0.25, 0.3) is 21.7 Å². The molecule has 5 heteroatoms. The van der Waals surface area contributed by atoms with Crippen molar-refractivity contribution in [2.45, 2.75) is 77.9 Å². The third-order valence-electron chi connectivity index (χ3n) is 7.35. The summed E-state index contributed by atoms with van der Waals surface area (Å²) >= 11 is 0. The van der Waals surface area contributed by atoms with Gasteiger partial charge in [0, 0.05) is 17.2 Å². The van der Waals surface area contributed by atoms with Crippen molar-refractivity contribution in [3.05, 3.63) is 40.6 Å². The molecule has 1 aliphatic rings. The normalized spacial score (nSPS) is 14.3. The van der Waals surface area contributed by atoms with Crippen LogP contribution in [0, 0.1) is 6.92 Å². The number of carbonyl (C=O) groups is 1. The summed E-state index contributed by atoms with van der Waals surface area (Å²) in [4.78, 5) is 11.8. The Kier molecular flexibility index (Phi) is 5.45. The van der Waals surface area contributed by atoms with Crippen LogP contribution in [0.3, 0.4) is 0 Å². The Labute approximate surface area is 186 Å². The molecule has 0 fully saturated rings. The van der Waals surface area contributed by atoms with Gasteiger partial charge in [0.25, 0.3) is 8.32 Å². The van der Waals surface area contributed by atoms with Crippen LogP contribution in [-0.2, 0) is 28.8 Å². The molecule has 4 nitrogen and oxygen atoms in total. The van der Waals surface area contributed by atoms with Crippen LogP contribution in [-0.4, -0.2) is 21.4 Å². The van der Waals surface area contributed by atoms with Gasteiger partial charge in [-0.05, 0) is 78.4 Å². The molecule has 1 aromatic heterocycles. The number of methoxy groups -OCH3 is 1. The highest BCUT2D eigenvalue weighted by Crippen LogP contribution is 2.47. The summed E-state index contributed by atoms with van der Waals surface area (Å²) in [5.74, 6) is 0.702.